The molecule has 3 N–H and O–H groups in total. The third-order valence-corrected chi connectivity index (χ3v) is 3.82. The monoisotopic (exact) mass is 284 g/mol. The maximum absolute atomic E-state index is 11.1. The van der Waals surface area contributed by atoms with Gasteiger partial charge in [-0.05, 0) is 49.0 Å². The van der Waals surface area contributed by atoms with Crippen molar-refractivity contribution in [1.82, 2.24) is 5.32 Å². The van der Waals surface area contributed by atoms with Crippen LogP contribution in [0.1, 0.15) is 32.8 Å². The van der Waals surface area contributed by atoms with Gasteiger partial charge in [-0.3, -0.25) is 0 Å². The Morgan fingerprint density at radius 1 is 1.11 bits per heavy atom. The molecule has 0 saturated heterocycles. The summed E-state index contributed by atoms with van der Waals surface area (Å²) in [5.41, 5.74) is 1.46. The first-order valence-corrected chi connectivity index (χ1v) is 8.06. The van der Waals surface area contributed by atoms with Crippen molar-refractivity contribution in [2.24, 2.45) is 10.6 Å². The van der Waals surface area contributed by atoms with Gasteiger partial charge in [0.1, 0.15) is 0 Å². The zero-order valence-corrected chi connectivity index (χ0v) is 12.8. The van der Waals surface area contributed by atoms with Gasteiger partial charge in [-0.25, -0.2) is 13.6 Å². The quantitative estimate of drug-likeness (QED) is 0.784. The molecule has 1 rings (SSSR count). The van der Waals surface area contributed by atoms with Crippen LogP contribution in [0.3, 0.4) is 0 Å². The number of nitrogens with one attached hydrogen (secondary N) is 1. The highest BCUT2D eigenvalue weighted by molar-refractivity contribution is 7.89. The van der Waals surface area contributed by atoms with Gasteiger partial charge in [0.05, 0.1) is 4.90 Å². The summed E-state index contributed by atoms with van der Waals surface area (Å²) in [5, 5.41) is 8.44. The number of sulfonamides is 1. The Bertz CT molecular complexity index is 487. The van der Waals surface area contributed by atoms with Gasteiger partial charge >= 0.3 is 0 Å². The van der Waals surface area contributed by atoms with Crippen molar-refractivity contribution >= 4 is 10.0 Å². The van der Waals surface area contributed by atoms with Crippen LogP contribution in [0.25, 0.3) is 0 Å². The van der Waals surface area contributed by atoms with E-state index in [2.05, 4.69) is 26.1 Å². The zero-order chi connectivity index (χ0) is 14.5. The highest BCUT2D eigenvalue weighted by Crippen LogP contribution is 2.16. The van der Waals surface area contributed by atoms with Crippen LogP contribution in [-0.2, 0) is 16.4 Å². The van der Waals surface area contributed by atoms with E-state index >= 15 is 0 Å². The Hall–Kier alpha value is -0.910. The molecule has 0 heterocycles. The molecule has 4 nitrogen and oxygen atoms in total. The van der Waals surface area contributed by atoms with Gasteiger partial charge in [0.2, 0.25) is 10.0 Å². The molecule has 0 spiro atoms. The second-order valence-corrected chi connectivity index (χ2v) is 7.56. The number of rotatable bonds is 6. The number of primary sulfonamides is 1. The lowest BCUT2D eigenvalue weighted by Crippen LogP contribution is -2.22. The average Bonchev–Trinajstić information content (AvgIpc) is 2.26. The van der Waals surface area contributed by atoms with Gasteiger partial charge in [-0.2, -0.15) is 0 Å². The molecule has 0 aliphatic carbocycles. The summed E-state index contributed by atoms with van der Waals surface area (Å²) < 4.78 is 22.2. The highest BCUT2D eigenvalue weighted by Gasteiger charge is 2.09. The number of hydrogen-bond acceptors (Lipinski definition) is 3. The summed E-state index contributed by atoms with van der Waals surface area (Å²) in [5.74, 6) is 0. The summed E-state index contributed by atoms with van der Waals surface area (Å²) in [7, 11) is -3.58. The summed E-state index contributed by atoms with van der Waals surface area (Å²) in [6.45, 7) is 8.56. The Kier molecular flexibility index (Phi) is 5.52. The van der Waals surface area contributed by atoms with Crippen molar-refractivity contribution in [3.63, 3.8) is 0 Å². The molecule has 1 aromatic rings. The zero-order valence-electron chi connectivity index (χ0n) is 11.9. The van der Waals surface area contributed by atoms with E-state index in [4.69, 9.17) is 5.14 Å². The molecule has 0 bridgehead atoms. The molecule has 0 unspecified atom stereocenters. The lowest BCUT2D eigenvalue weighted by molar-refractivity contribution is 0.368. The lowest BCUT2D eigenvalue weighted by atomic mass is 9.92. The van der Waals surface area contributed by atoms with Gasteiger partial charge < -0.3 is 5.32 Å². The lowest BCUT2D eigenvalue weighted by Gasteiger charge is -2.18. The highest BCUT2D eigenvalue weighted by atomic mass is 32.2. The van der Waals surface area contributed by atoms with Gasteiger partial charge in [-0.15, -0.1) is 0 Å². The topological polar surface area (TPSA) is 72.2 Å². The molecule has 0 saturated carbocycles. The number of hydrogen-bond donors (Lipinski definition) is 2. The van der Waals surface area contributed by atoms with E-state index in [9.17, 15) is 8.42 Å². The fourth-order valence-electron chi connectivity index (χ4n) is 1.67. The van der Waals surface area contributed by atoms with Crippen molar-refractivity contribution in [2.45, 2.75) is 38.5 Å². The fourth-order valence-corrected chi connectivity index (χ4v) is 2.18. The molecule has 0 radical (unpaired) electrons. The van der Waals surface area contributed by atoms with Crippen molar-refractivity contribution in [1.29, 1.82) is 0 Å². The van der Waals surface area contributed by atoms with E-state index in [1.165, 1.54) is 0 Å². The Morgan fingerprint density at radius 3 is 2.16 bits per heavy atom. The minimum absolute atomic E-state index is 0.164. The Balaban J connectivity index is 2.35. The molecule has 19 heavy (non-hydrogen) atoms. The molecule has 0 aromatic heterocycles. The number of benzene rings is 1. The van der Waals surface area contributed by atoms with Crippen LogP contribution in [-0.4, -0.2) is 21.5 Å². The number of nitrogens with two attached hydrogens (primary N) is 1. The van der Waals surface area contributed by atoms with E-state index in [1.54, 1.807) is 12.1 Å². The molecule has 0 amide bonds. The maximum atomic E-state index is 11.1. The van der Waals surface area contributed by atoms with Crippen LogP contribution in [0.15, 0.2) is 29.2 Å². The predicted octanol–water partition coefficient (Wildman–Crippen LogP) is 1.90. The minimum atomic E-state index is -3.58. The van der Waals surface area contributed by atoms with Crippen LogP contribution in [0, 0.1) is 5.41 Å². The van der Waals surface area contributed by atoms with Gasteiger partial charge in [-0.1, -0.05) is 32.9 Å². The van der Waals surface area contributed by atoms with Crippen LogP contribution in [0.5, 0.6) is 0 Å². The van der Waals surface area contributed by atoms with Crippen LogP contribution >= 0.6 is 0 Å². The largest absolute Gasteiger partial charge is 0.316 e. The minimum Gasteiger partial charge on any atom is -0.316 e. The predicted molar refractivity (Wildman–Crippen MR) is 78.5 cm³/mol. The molecular weight excluding hydrogens is 260 g/mol. The normalized spacial score (nSPS) is 12.6. The average molecular weight is 284 g/mol. The van der Waals surface area contributed by atoms with Gasteiger partial charge in [0, 0.05) is 0 Å². The molecule has 0 aliphatic rings. The van der Waals surface area contributed by atoms with Crippen LogP contribution in [0.2, 0.25) is 0 Å². The molecule has 0 fully saturated rings. The molecule has 0 aliphatic heterocycles. The van der Waals surface area contributed by atoms with Crippen molar-refractivity contribution in [3.8, 4) is 0 Å². The molecule has 108 valence electrons. The van der Waals surface area contributed by atoms with E-state index in [0.29, 0.717) is 5.41 Å². The van der Waals surface area contributed by atoms with Gasteiger partial charge in [0.15, 0.2) is 0 Å². The van der Waals surface area contributed by atoms with Crippen molar-refractivity contribution in [3.05, 3.63) is 29.8 Å². The molecular formula is C14H24N2O2S. The first-order valence-electron chi connectivity index (χ1n) is 6.51. The molecule has 5 heteroatoms. The van der Waals surface area contributed by atoms with E-state index in [1.807, 2.05) is 12.1 Å². The smallest absolute Gasteiger partial charge is 0.238 e. The standard InChI is InChI=1S/C14H24N2O2S/c1-14(2,3)9-11-16-10-8-12-4-6-13(7-5-12)19(15,17)18/h4-7,16H,8-11H2,1-3H3,(H2,15,17,18). The Morgan fingerprint density at radius 2 is 1.68 bits per heavy atom. The third-order valence-electron chi connectivity index (χ3n) is 2.89. The summed E-state index contributed by atoms with van der Waals surface area (Å²) >= 11 is 0. The Labute approximate surface area is 116 Å². The first kappa shape index (κ1) is 16.1. The summed E-state index contributed by atoms with van der Waals surface area (Å²) in [6, 6.07) is 6.73. The second kappa shape index (κ2) is 6.50. The van der Waals surface area contributed by atoms with Crippen LogP contribution < -0.4 is 10.5 Å². The maximum Gasteiger partial charge on any atom is 0.238 e. The fraction of sp³-hybridized carbons (Fsp3) is 0.571. The van der Waals surface area contributed by atoms with E-state index in [0.717, 1.165) is 31.5 Å². The van der Waals surface area contributed by atoms with Crippen molar-refractivity contribution < 1.29 is 8.42 Å². The first-order chi connectivity index (χ1) is 8.68. The molecule has 1 aromatic carbocycles. The van der Waals surface area contributed by atoms with Crippen LogP contribution in [0.4, 0.5) is 0 Å². The SMILES string of the molecule is CC(C)(C)CCNCCc1ccc(S(N)(=O)=O)cc1. The summed E-state index contributed by atoms with van der Waals surface area (Å²) in [4.78, 5) is 0.164. The third kappa shape index (κ3) is 6.71. The summed E-state index contributed by atoms with van der Waals surface area (Å²) in [6.07, 6.45) is 2.02. The van der Waals surface area contributed by atoms with E-state index in [-0.39, 0.29) is 4.90 Å². The van der Waals surface area contributed by atoms with E-state index < -0.39 is 10.0 Å². The van der Waals surface area contributed by atoms with Crippen molar-refractivity contribution in [2.75, 3.05) is 13.1 Å². The van der Waals surface area contributed by atoms with Gasteiger partial charge in [0.25, 0.3) is 0 Å². The molecule has 0 atom stereocenters. The second-order valence-electron chi connectivity index (χ2n) is 6.00.